The highest BCUT2D eigenvalue weighted by molar-refractivity contribution is 5.52. The first kappa shape index (κ1) is 11.5. The van der Waals surface area contributed by atoms with E-state index in [1.54, 1.807) is 0 Å². The molecule has 1 aliphatic rings. The Labute approximate surface area is 99.5 Å². The number of hydrogen-bond acceptors (Lipinski definition) is 1. The van der Waals surface area contributed by atoms with Crippen molar-refractivity contribution in [2.75, 3.05) is 18.5 Å². The molecule has 0 unspecified atom stereocenters. The van der Waals surface area contributed by atoms with E-state index >= 15 is 0 Å². The molecule has 0 radical (unpaired) electrons. The van der Waals surface area contributed by atoms with Crippen LogP contribution in [0, 0.1) is 12.8 Å². The Morgan fingerprint density at radius 2 is 1.81 bits per heavy atom. The normalized spacial score (nSPS) is 17.4. The number of benzene rings is 1. The van der Waals surface area contributed by atoms with Gasteiger partial charge in [0, 0.05) is 19.3 Å². The topological polar surface area (TPSA) is 3.24 Å². The largest absolute Gasteiger partial charge is 0.374 e. The van der Waals surface area contributed by atoms with Gasteiger partial charge >= 0.3 is 0 Å². The van der Waals surface area contributed by atoms with E-state index in [2.05, 4.69) is 43.1 Å². The molecule has 1 aromatic carbocycles. The third kappa shape index (κ3) is 2.78. The third-order valence-corrected chi connectivity index (χ3v) is 3.78. The Hall–Kier alpha value is -0.980. The van der Waals surface area contributed by atoms with E-state index in [1.807, 2.05) is 0 Å². The Morgan fingerprint density at radius 3 is 2.50 bits per heavy atom. The lowest BCUT2D eigenvalue weighted by Crippen LogP contribution is -2.27. The summed E-state index contributed by atoms with van der Waals surface area (Å²) in [5.41, 5.74) is 2.79. The van der Waals surface area contributed by atoms with Gasteiger partial charge in [-0.05, 0) is 37.3 Å². The molecule has 0 aliphatic heterocycles. The fraction of sp³-hybridized carbons (Fsp3) is 0.600. The van der Waals surface area contributed by atoms with Gasteiger partial charge < -0.3 is 4.90 Å². The summed E-state index contributed by atoms with van der Waals surface area (Å²) in [5, 5.41) is 0. The van der Waals surface area contributed by atoms with E-state index in [4.69, 9.17) is 0 Å². The SMILES string of the molecule is Cc1ccccc1N(C)CC1CCCCC1. The van der Waals surface area contributed by atoms with E-state index in [0.717, 1.165) is 5.92 Å². The lowest BCUT2D eigenvalue weighted by molar-refractivity contribution is 0.362. The van der Waals surface area contributed by atoms with E-state index in [0.29, 0.717) is 0 Å². The van der Waals surface area contributed by atoms with Crippen LogP contribution in [0.25, 0.3) is 0 Å². The zero-order valence-electron chi connectivity index (χ0n) is 10.6. The lowest BCUT2D eigenvalue weighted by Gasteiger charge is -2.29. The second-order valence-electron chi connectivity index (χ2n) is 5.17. The van der Waals surface area contributed by atoms with Crippen LogP contribution in [0.4, 0.5) is 5.69 Å². The molecule has 0 N–H and O–H groups in total. The summed E-state index contributed by atoms with van der Waals surface area (Å²) in [7, 11) is 2.23. The monoisotopic (exact) mass is 217 g/mol. The molecule has 1 aliphatic carbocycles. The van der Waals surface area contributed by atoms with Crippen molar-refractivity contribution < 1.29 is 0 Å². The van der Waals surface area contributed by atoms with Crippen LogP contribution >= 0.6 is 0 Å². The van der Waals surface area contributed by atoms with Gasteiger partial charge in [-0.1, -0.05) is 37.5 Å². The van der Waals surface area contributed by atoms with Crippen LogP contribution in [0.15, 0.2) is 24.3 Å². The smallest absolute Gasteiger partial charge is 0.0393 e. The van der Waals surface area contributed by atoms with Crippen molar-refractivity contribution >= 4 is 5.69 Å². The summed E-state index contributed by atoms with van der Waals surface area (Å²) in [6.07, 6.45) is 7.18. The average molecular weight is 217 g/mol. The number of aryl methyl sites for hydroxylation is 1. The number of anilines is 1. The van der Waals surface area contributed by atoms with Crippen molar-refractivity contribution in [3.63, 3.8) is 0 Å². The van der Waals surface area contributed by atoms with Crippen LogP contribution in [-0.4, -0.2) is 13.6 Å². The molecule has 0 atom stereocenters. The molecule has 0 aromatic heterocycles. The lowest BCUT2D eigenvalue weighted by atomic mass is 9.89. The Balaban J connectivity index is 1.96. The first-order valence-electron chi connectivity index (χ1n) is 6.54. The third-order valence-electron chi connectivity index (χ3n) is 3.78. The van der Waals surface area contributed by atoms with Gasteiger partial charge in [-0.15, -0.1) is 0 Å². The van der Waals surface area contributed by atoms with E-state index in [1.165, 1.54) is 49.9 Å². The molecule has 0 amide bonds. The molecule has 1 fully saturated rings. The maximum Gasteiger partial charge on any atom is 0.0393 e. The molecule has 0 bridgehead atoms. The second kappa shape index (κ2) is 5.38. The molecule has 1 saturated carbocycles. The standard InChI is InChI=1S/C15H23N/c1-13-8-6-7-11-15(13)16(2)12-14-9-4-3-5-10-14/h6-8,11,14H,3-5,9-10,12H2,1-2H3. The summed E-state index contributed by atoms with van der Waals surface area (Å²) in [5.74, 6) is 0.915. The molecular formula is C15H23N. The van der Waals surface area contributed by atoms with E-state index in [9.17, 15) is 0 Å². The highest BCUT2D eigenvalue weighted by atomic mass is 15.1. The summed E-state index contributed by atoms with van der Waals surface area (Å²) >= 11 is 0. The van der Waals surface area contributed by atoms with Gasteiger partial charge in [0.15, 0.2) is 0 Å². The quantitative estimate of drug-likeness (QED) is 0.739. The Kier molecular flexibility index (Phi) is 3.87. The van der Waals surface area contributed by atoms with Crippen molar-refractivity contribution in [1.29, 1.82) is 0 Å². The van der Waals surface area contributed by atoms with Crippen molar-refractivity contribution in [2.24, 2.45) is 5.92 Å². The van der Waals surface area contributed by atoms with Crippen LogP contribution in [0.1, 0.15) is 37.7 Å². The molecule has 1 heteroatoms. The summed E-state index contributed by atoms with van der Waals surface area (Å²) < 4.78 is 0. The molecule has 88 valence electrons. The van der Waals surface area contributed by atoms with Crippen LogP contribution < -0.4 is 4.90 Å². The van der Waals surface area contributed by atoms with E-state index < -0.39 is 0 Å². The predicted molar refractivity (Wildman–Crippen MR) is 71.0 cm³/mol. The zero-order valence-corrected chi connectivity index (χ0v) is 10.6. The maximum absolute atomic E-state index is 2.44. The van der Waals surface area contributed by atoms with Crippen LogP contribution in [0.3, 0.4) is 0 Å². The van der Waals surface area contributed by atoms with Crippen molar-refractivity contribution in [2.45, 2.75) is 39.0 Å². The molecule has 0 spiro atoms. The minimum absolute atomic E-state index is 0.915. The van der Waals surface area contributed by atoms with Gasteiger partial charge in [-0.3, -0.25) is 0 Å². The summed E-state index contributed by atoms with van der Waals surface area (Å²) in [6.45, 7) is 3.43. The molecule has 0 heterocycles. The molecule has 1 nitrogen and oxygen atoms in total. The van der Waals surface area contributed by atoms with Gasteiger partial charge in [0.05, 0.1) is 0 Å². The number of para-hydroxylation sites is 1. The fourth-order valence-corrected chi connectivity index (χ4v) is 2.85. The van der Waals surface area contributed by atoms with Crippen molar-refractivity contribution in [3.8, 4) is 0 Å². The average Bonchev–Trinajstić information content (AvgIpc) is 2.31. The van der Waals surface area contributed by atoms with Gasteiger partial charge in [-0.25, -0.2) is 0 Å². The second-order valence-corrected chi connectivity index (χ2v) is 5.17. The molecule has 16 heavy (non-hydrogen) atoms. The van der Waals surface area contributed by atoms with Gasteiger partial charge in [0.1, 0.15) is 0 Å². The predicted octanol–water partition coefficient (Wildman–Crippen LogP) is 4.01. The minimum atomic E-state index is 0.915. The highest BCUT2D eigenvalue weighted by Crippen LogP contribution is 2.26. The van der Waals surface area contributed by atoms with Crippen LogP contribution in [0.5, 0.6) is 0 Å². The fourth-order valence-electron chi connectivity index (χ4n) is 2.85. The first-order chi connectivity index (χ1) is 7.77. The van der Waals surface area contributed by atoms with Crippen molar-refractivity contribution in [1.82, 2.24) is 0 Å². The molecule has 1 aromatic rings. The Morgan fingerprint density at radius 1 is 1.12 bits per heavy atom. The first-order valence-corrected chi connectivity index (χ1v) is 6.54. The Bertz CT molecular complexity index is 326. The van der Waals surface area contributed by atoms with Crippen molar-refractivity contribution in [3.05, 3.63) is 29.8 Å². The van der Waals surface area contributed by atoms with Gasteiger partial charge in [-0.2, -0.15) is 0 Å². The van der Waals surface area contributed by atoms with E-state index in [-0.39, 0.29) is 0 Å². The maximum atomic E-state index is 2.44. The number of nitrogens with zero attached hydrogens (tertiary/aromatic N) is 1. The highest BCUT2D eigenvalue weighted by Gasteiger charge is 2.16. The molecular weight excluding hydrogens is 194 g/mol. The minimum Gasteiger partial charge on any atom is -0.374 e. The zero-order chi connectivity index (χ0) is 11.4. The molecule has 0 saturated heterocycles. The van der Waals surface area contributed by atoms with Gasteiger partial charge in [0.2, 0.25) is 0 Å². The number of hydrogen-bond donors (Lipinski definition) is 0. The van der Waals surface area contributed by atoms with Crippen LogP contribution in [0.2, 0.25) is 0 Å². The molecule has 2 rings (SSSR count). The van der Waals surface area contributed by atoms with Gasteiger partial charge in [0.25, 0.3) is 0 Å². The summed E-state index contributed by atoms with van der Waals surface area (Å²) in [6, 6.07) is 8.69. The summed E-state index contributed by atoms with van der Waals surface area (Å²) in [4.78, 5) is 2.44. The van der Waals surface area contributed by atoms with Crippen LogP contribution in [-0.2, 0) is 0 Å². The number of rotatable bonds is 3.